The Kier molecular flexibility index (Phi) is 6.41. The lowest BCUT2D eigenvalue weighted by atomic mass is 10.1. The Morgan fingerprint density at radius 3 is 2.65 bits per heavy atom. The van der Waals surface area contributed by atoms with E-state index >= 15 is 0 Å². The summed E-state index contributed by atoms with van der Waals surface area (Å²) in [6.07, 6.45) is 1.04. The van der Waals surface area contributed by atoms with Gasteiger partial charge in [-0.3, -0.25) is 4.79 Å². The van der Waals surface area contributed by atoms with Gasteiger partial charge in [0.25, 0.3) is 0 Å². The molecule has 1 heterocycles. The molecule has 0 bridgehead atoms. The average Bonchev–Trinajstić information content (AvgIpc) is 2.96. The molecule has 0 spiro atoms. The molecule has 1 aromatic carbocycles. The molecular formula is C16H22N4OS2. The topological polar surface area (TPSA) is 66.9 Å². The van der Waals surface area contributed by atoms with Gasteiger partial charge in [-0.25, -0.2) is 0 Å². The monoisotopic (exact) mass is 350 g/mol. The molecule has 0 saturated heterocycles. The minimum absolute atomic E-state index is 0.0225. The third-order valence-corrected chi connectivity index (χ3v) is 5.37. The van der Waals surface area contributed by atoms with Gasteiger partial charge in [-0.1, -0.05) is 48.2 Å². The number of carbonyl (C=O) groups is 1. The minimum atomic E-state index is -0.235. The van der Waals surface area contributed by atoms with Crippen LogP contribution < -0.4 is 10.6 Å². The second-order valence-corrected chi connectivity index (χ2v) is 7.88. The smallest absolute Gasteiger partial charge is 0.237 e. The second kappa shape index (κ2) is 8.31. The van der Waals surface area contributed by atoms with E-state index in [1.807, 2.05) is 39.0 Å². The Morgan fingerprint density at radius 2 is 2.00 bits per heavy atom. The second-order valence-electron chi connectivity index (χ2n) is 5.32. The largest absolute Gasteiger partial charge is 0.360 e. The van der Waals surface area contributed by atoms with E-state index < -0.39 is 0 Å². The number of hydrogen-bond donors (Lipinski definition) is 2. The first kappa shape index (κ1) is 17.7. The van der Waals surface area contributed by atoms with Crippen LogP contribution in [-0.2, 0) is 4.79 Å². The third-order valence-electron chi connectivity index (χ3n) is 3.31. The van der Waals surface area contributed by atoms with Crippen LogP contribution in [0.3, 0.4) is 0 Å². The van der Waals surface area contributed by atoms with Gasteiger partial charge in [-0.15, -0.1) is 10.2 Å². The highest BCUT2D eigenvalue weighted by Gasteiger charge is 2.18. The van der Waals surface area contributed by atoms with Gasteiger partial charge in [0.15, 0.2) is 4.34 Å². The van der Waals surface area contributed by atoms with Crippen LogP contribution in [0.1, 0.15) is 31.4 Å². The fraction of sp³-hybridized carbons (Fsp3) is 0.438. The summed E-state index contributed by atoms with van der Waals surface area (Å²) in [5.74, 6) is -0.0225. The number of benzene rings is 1. The Labute approximate surface area is 145 Å². The number of nitrogens with one attached hydrogen (secondary N) is 2. The maximum atomic E-state index is 12.4. The number of thioether (sulfide) groups is 1. The number of aryl methyl sites for hydroxylation is 2. The predicted molar refractivity (Wildman–Crippen MR) is 98.6 cm³/mol. The molecule has 124 valence electrons. The maximum absolute atomic E-state index is 12.4. The van der Waals surface area contributed by atoms with Gasteiger partial charge in [-0.05, 0) is 38.3 Å². The molecule has 0 aliphatic carbocycles. The summed E-state index contributed by atoms with van der Waals surface area (Å²) in [5.41, 5.74) is 3.03. The van der Waals surface area contributed by atoms with E-state index in [9.17, 15) is 4.79 Å². The molecule has 2 aromatic rings. The number of carbonyl (C=O) groups excluding carboxylic acids is 1. The van der Waals surface area contributed by atoms with E-state index in [4.69, 9.17) is 0 Å². The number of amides is 1. The standard InChI is InChI=1S/C16H22N4OS2/c1-5-9-17-15-19-20-16(23-15)22-12(4)14(21)18-13-10(2)7-6-8-11(13)3/h6-8,12H,5,9H2,1-4H3,(H,17,19)(H,18,21). The number of anilines is 2. The van der Waals surface area contributed by atoms with Crippen LogP contribution in [0.25, 0.3) is 0 Å². The van der Waals surface area contributed by atoms with Crippen molar-refractivity contribution in [1.82, 2.24) is 10.2 Å². The van der Waals surface area contributed by atoms with Crippen LogP contribution in [-0.4, -0.2) is 27.9 Å². The lowest BCUT2D eigenvalue weighted by Crippen LogP contribution is -2.23. The maximum Gasteiger partial charge on any atom is 0.237 e. The van der Waals surface area contributed by atoms with Crippen molar-refractivity contribution in [3.8, 4) is 0 Å². The van der Waals surface area contributed by atoms with Crippen LogP contribution in [0.5, 0.6) is 0 Å². The molecule has 0 radical (unpaired) electrons. The lowest BCUT2D eigenvalue weighted by Gasteiger charge is -2.14. The first-order valence-corrected chi connectivity index (χ1v) is 9.32. The molecule has 0 aliphatic heterocycles. The summed E-state index contributed by atoms with van der Waals surface area (Å²) in [6.45, 7) is 8.85. The first-order valence-electron chi connectivity index (χ1n) is 7.62. The van der Waals surface area contributed by atoms with Gasteiger partial charge in [0.2, 0.25) is 11.0 Å². The number of nitrogens with zero attached hydrogens (tertiary/aromatic N) is 2. The van der Waals surface area contributed by atoms with Crippen molar-refractivity contribution >= 4 is 39.8 Å². The van der Waals surface area contributed by atoms with Crippen molar-refractivity contribution in [2.45, 2.75) is 43.7 Å². The molecule has 0 aliphatic rings. The molecule has 7 heteroatoms. The zero-order valence-electron chi connectivity index (χ0n) is 13.8. The molecule has 5 nitrogen and oxygen atoms in total. The van der Waals surface area contributed by atoms with Gasteiger partial charge in [0.1, 0.15) is 0 Å². The van der Waals surface area contributed by atoms with Crippen LogP contribution in [0, 0.1) is 13.8 Å². The SMILES string of the molecule is CCCNc1nnc(SC(C)C(=O)Nc2c(C)cccc2C)s1. The molecule has 23 heavy (non-hydrogen) atoms. The quantitative estimate of drug-likeness (QED) is 0.736. The number of rotatable bonds is 7. The van der Waals surface area contributed by atoms with E-state index in [2.05, 4.69) is 27.8 Å². The Morgan fingerprint density at radius 1 is 1.30 bits per heavy atom. The number of aromatic nitrogens is 2. The highest BCUT2D eigenvalue weighted by Crippen LogP contribution is 2.30. The summed E-state index contributed by atoms with van der Waals surface area (Å²) in [7, 11) is 0. The zero-order valence-corrected chi connectivity index (χ0v) is 15.5. The molecule has 0 fully saturated rings. The molecule has 1 amide bonds. The van der Waals surface area contributed by atoms with Crippen LogP contribution >= 0.6 is 23.1 Å². The van der Waals surface area contributed by atoms with E-state index in [0.29, 0.717) is 0 Å². The summed E-state index contributed by atoms with van der Waals surface area (Å²) >= 11 is 2.91. The fourth-order valence-corrected chi connectivity index (χ4v) is 3.92. The van der Waals surface area contributed by atoms with Gasteiger partial charge >= 0.3 is 0 Å². The lowest BCUT2D eigenvalue weighted by molar-refractivity contribution is -0.115. The van der Waals surface area contributed by atoms with Gasteiger partial charge in [0.05, 0.1) is 5.25 Å². The highest BCUT2D eigenvalue weighted by molar-refractivity contribution is 8.02. The van der Waals surface area contributed by atoms with Crippen molar-refractivity contribution in [3.63, 3.8) is 0 Å². The van der Waals surface area contributed by atoms with E-state index in [1.165, 1.54) is 23.1 Å². The van der Waals surface area contributed by atoms with Gasteiger partial charge < -0.3 is 10.6 Å². The van der Waals surface area contributed by atoms with Crippen molar-refractivity contribution < 1.29 is 4.79 Å². The minimum Gasteiger partial charge on any atom is -0.360 e. The van der Waals surface area contributed by atoms with Crippen LogP contribution in [0.2, 0.25) is 0 Å². The van der Waals surface area contributed by atoms with Gasteiger partial charge in [-0.2, -0.15) is 0 Å². The molecule has 1 aromatic heterocycles. The van der Waals surface area contributed by atoms with E-state index in [-0.39, 0.29) is 11.2 Å². The average molecular weight is 351 g/mol. The van der Waals surface area contributed by atoms with E-state index in [1.54, 1.807) is 0 Å². The summed E-state index contributed by atoms with van der Waals surface area (Å²) < 4.78 is 0.799. The fourth-order valence-electron chi connectivity index (χ4n) is 2.00. The summed E-state index contributed by atoms with van der Waals surface area (Å²) in [5, 5.41) is 15.0. The van der Waals surface area contributed by atoms with E-state index in [0.717, 1.165) is 39.3 Å². The van der Waals surface area contributed by atoms with Gasteiger partial charge in [0, 0.05) is 12.2 Å². The molecule has 1 atom stereocenters. The first-order chi connectivity index (χ1) is 11.0. The molecule has 1 unspecified atom stereocenters. The summed E-state index contributed by atoms with van der Waals surface area (Å²) in [4.78, 5) is 12.4. The van der Waals surface area contributed by atoms with Crippen molar-refractivity contribution in [2.75, 3.05) is 17.2 Å². The van der Waals surface area contributed by atoms with Crippen molar-refractivity contribution in [3.05, 3.63) is 29.3 Å². The predicted octanol–water partition coefficient (Wildman–Crippen LogP) is 4.10. The summed E-state index contributed by atoms with van der Waals surface area (Å²) in [6, 6.07) is 5.98. The molecular weight excluding hydrogens is 328 g/mol. The van der Waals surface area contributed by atoms with Crippen molar-refractivity contribution in [1.29, 1.82) is 0 Å². The zero-order chi connectivity index (χ0) is 16.8. The molecule has 2 N–H and O–H groups in total. The van der Waals surface area contributed by atoms with Crippen molar-refractivity contribution in [2.24, 2.45) is 0 Å². The number of para-hydroxylation sites is 1. The molecule has 0 saturated carbocycles. The van der Waals surface area contributed by atoms with Crippen LogP contribution in [0.4, 0.5) is 10.8 Å². The number of hydrogen-bond acceptors (Lipinski definition) is 6. The Bertz CT molecular complexity index is 652. The molecule has 2 rings (SSSR count). The Hall–Kier alpha value is -1.60. The Balaban J connectivity index is 1.96. The normalized spacial score (nSPS) is 12.0. The highest BCUT2D eigenvalue weighted by atomic mass is 32.2. The van der Waals surface area contributed by atoms with Crippen LogP contribution in [0.15, 0.2) is 22.5 Å². The third kappa shape index (κ3) is 4.94.